The van der Waals surface area contributed by atoms with Crippen molar-refractivity contribution in [2.24, 2.45) is 45.3 Å². The fourth-order valence-corrected chi connectivity index (χ4v) is 10.7. The van der Waals surface area contributed by atoms with E-state index in [4.69, 9.17) is 19.3 Å². The van der Waals surface area contributed by atoms with E-state index in [1.165, 1.54) is 12.8 Å². The second-order valence-electron chi connectivity index (χ2n) is 15.6. The molecule has 1 saturated heterocycles. The van der Waals surface area contributed by atoms with E-state index < -0.39 is 41.1 Å². The molecule has 4 fully saturated rings. The Kier molecular flexibility index (Phi) is 7.44. The van der Waals surface area contributed by atoms with E-state index >= 15 is 0 Å². The molecule has 230 valence electrons. The second kappa shape index (κ2) is 9.92. The zero-order chi connectivity index (χ0) is 30.2. The largest absolute Gasteiger partial charge is 0.481 e. The van der Waals surface area contributed by atoms with Gasteiger partial charge in [-0.15, -0.1) is 0 Å². The van der Waals surface area contributed by atoms with Gasteiger partial charge in [0.25, 0.3) is 0 Å². The number of aliphatic carboxylic acids is 1. The summed E-state index contributed by atoms with van der Waals surface area (Å²) < 4.78 is 19.1. The van der Waals surface area contributed by atoms with Gasteiger partial charge in [0.05, 0.1) is 5.60 Å². The Balaban J connectivity index is 1.48. The maximum absolute atomic E-state index is 12.4. The van der Waals surface area contributed by atoms with Gasteiger partial charge in [-0.2, -0.15) is 0 Å². The monoisotopic (exact) mass is 572 g/mol. The number of carboxylic acid groups (broad SMARTS) is 1. The molecule has 1 heterocycles. The minimum Gasteiger partial charge on any atom is -0.481 e. The molecule has 10 atom stereocenters. The fourth-order valence-electron chi connectivity index (χ4n) is 10.7. The van der Waals surface area contributed by atoms with Crippen molar-refractivity contribution in [1.82, 2.24) is 0 Å². The van der Waals surface area contributed by atoms with Gasteiger partial charge in [-0.05, 0) is 87.4 Å². The molecule has 0 unspecified atom stereocenters. The molecule has 0 aromatic heterocycles. The Morgan fingerprint density at radius 2 is 1.80 bits per heavy atom. The summed E-state index contributed by atoms with van der Waals surface area (Å²) in [6.45, 7) is 15.3. The first-order valence-corrected chi connectivity index (χ1v) is 15.7. The molecule has 5 rings (SSSR count). The Labute approximate surface area is 246 Å². The van der Waals surface area contributed by atoms with Crippen molar-refractivity contribution in [1.29, 1.82) is 0 Å². The topological polar surface area (TPSA) is 102 Å². The van der Waals surface area contributed by atoms with Crippen LogP contribution in [0.3, 0.4) is 0 Å². The zero-order valence-electron chi connectivity index (χ0n) is 26.4. The van der Waals surface area contributed by atoms with Crippen LogP contribution in [0.15, 0.2) is 24.3 Å². The van der Waals surface area contributed by atoms with Crippen molar-refractivity contribution in [2.75, 3.05) is 7.11 Å². The van der Waals surface area contributed by atoms with Gasteiger partial charge in [0, 0.05) is 23.9 Å². The van der Waals surface area contributed by atoms with Gasteiger partial charge in [0.1, 0.15) is 18.1 Å². The molecule has 41 heavy (non-hydrogen) atoms. The van der Waals surface area contributed by atoms with Gasteiger partial charge in [0.15, 0.2) is 6.29 Å². The van der Waals surface area contributed by atoms with Crippen LogP contribution < -0.4 is 0 Å². The summed E-state index contributed by atoms with van der Waals surface area (Å²) in [4.78, 5) is 23.6. The molecule has 5 aliphatic rings. The van der Waals surface area contributed by atoms with Gasteiger partial charge in [-0.25, -0.2) is 0 Å². The van der Waals surface area contributed by atoms with Crippen molar-refractivity contribution < 1.29 is 34.0 Å². The summed E-state index contributed by atoms with van der Waals surface area (Å²) in [5.74, 6) is -0.207. The second-order valence-corrected chi connectivity index (χ2v) is 15.6. The lowest BCUT2D eigenvalue weighted by Crippen LogP contribution is -2.65. The molecule has 0 amide bonds. The first-order valence-electron chi connectivity index (χ1n) is 15.7. The average molecular weight is 573 g/mol. The highest BCUT2D eigenvalue weighted by atomic mass is 16.7. The molecule has 0 aromatic rings. The maximum atomic E-state index is 12.4. The normalized spacial score (nSPS) is 45.1. The van der Waals surface area contributed by atoms with Crippen LogP contribution in [0.2, 0.25) is 0 Å². The number of carbonyl (C=O) groups excluding carboxylic acids is 1. The van der Waals surface area contributed by atoms with Crippen molar-refractivity contribution in [3.8, 4) is 0 Å². The van der Waals surface area contributed by atoms with Gasteiger partial charge < -0.3 is 24.4 Å². The van der Waals surface area contributed by atoms with Crippen molar-refractivity contribution >= 4 is 11.9 Å². The third kappa shape index (κ3) is 4.30. The lowest BCUT2D eigenvalue weighted by atomic mass is 9.38. The number of carbonyl (C=O) groups is 2. The highest BCUT2D eigenvalue weighted by Gasteiger charge is 2.78. The van der Waals surface area contributed by atoms with Crippen LogP contribution in [0.25, 0.3) is 0 Å². The minimum absolute atomic E-state index is 0.0895. The van der Waals surface area contributed by atoms with Gasteiger partial charge >= 0.3 is 11.9 Å². The summed E-state index contributed by atoms with van der Waals surface area (Å²) in [5, 5.41) is 19.3. The van der Waals surface area contributed by atoms with Gasteiger partial charge in [-0.3, -0.25) is 9.59 Å². The van der Waals surface area contributed by atoms with Gasteiger partial charge in [-0.1, -0.05) is 58.9 Å². The van der Waals surface area contributed by atoms with Crippen molar-refractivity contribution in [3.05, 3.63) is 24.3 Å². The van der Waals surface area contributed by atoms with Crippen LogP contribution >= 0.6 is 0 Å². The van der Waals surface area contributed by atoms with E-state index in [1.54, 1.807) is 7.11 Å². The number of hydrogen-bond acceptors (Lipinski definition) is 6. The molecule has 0 radical (unpaired) electrons. The molecule has 4 aliphatic carbocycles. The van der Waals surface area contributed by atoms with Crippen LogP contribution in [0.5, 0.6) is 0 Å². The number of methoxy groups -OCH3 is 1. The molecular formula is C34H52O7. The Bertz CT molecular complexity index is 1120. The number of fused-ring (bicyclic) bond motifs is 2. The summed E-state index contributed by atoms with van der Waals surface area (Å²) in [6, 6.07) is 0. The molecular weight excluding hydrogens is 520 g/mol. The Morgan fingerprint density at radius 3 is 2.44 bits per heavy atom. The van der Waals surface area contributed by atoms with Crippen LogP contribution in [0.4, 0.5) is 0 Å². The lowest BCUT2D eigenvalue weighted by Gasteiger charge is -2.65. The lowest BCUT2D eigenvalue weighted by molar-refractivity contribution is -0.228. The fraction of sp³-hybridized carbons (Fsp3) is 0.824. The molecule has 0 aromatic carbocycles. The quantitative estimate of drug-likeness (QED) is 0.200. The van der Waals surface area contributed by atoms with Crippen LogP contribution in [0, 0.1) is 45.3 Å². The molecule has 7 nitrogen and oxygen atoms in total. The molecule has 2 bridgehead atoms. The van der Waals surface area contributed by atoms with E-state index in [2.05, 4.69) is 52.8 Å². The van der Waals surface area contributed by atoms with Crippen LogP contribution in [-0.2, 0) is 23.8 Å². The van der Waals surface area contributed by atoms with E-state index in [1.807, 2.05) is 19.9 Å². The van der Waals surface area contributed by atoms with E-state index in [0.29, 0.717) is 24.2 Å². The highest BCUT2D eigenvalue weighted by molar-refractivity contribution is 5.90. The first kappa shape index (κ1) is 30.7. The maximum Gasteiger partial charge on any atom is 0.317 e. The van der Waals surface area contributed by atoms with Crippen LogP contribution in [-0.4, -0.2) is 52.9 Å². The molecule has 1 spiro atoms. The smallest absolute Gasteiger partial charge is 0.317 e. The van der Waals surface area contributed by atoms with E-state index in [-0.39, 0.29) is 28.5 Å². The predicted molar refractivity (Wildman–Crippen MR) is 156 cm³/mol. The predicted octanol–water partition coefficient (Wildman–Crippen LogP) is 6.29. The van der Waals surface area contributed by atoms with E-state index in [0.717, 1.165) is 25.7 Å². The Morgan fingerprint density at radius 1 is 1.10 bits per heavy atom. The zero-order valence-corrected chi connectivity index (χ0v) is 26.4. The number of rotatable bonds is 8. The number of aliphatic hydroxyl groups is 1. The van der Waals surface area contributed by atoms with Crippen LogP contribution in [0.1, 0.15) is 99.8 Å². The summed E-state index contributed by atoms with van der Waals surface area (Å²) in [5.41, 5.74) is -1.88. The molecule has 3 saturated carbocycles. The summed E-state index contributed by atoms with van der Waals surface area (Å²) in [7, 11) is 1.77. The number of esters is 1. The SMILES string of the molecule is CO[C@H]1O[C@]23C=C[C@@H]4[C@@]1(CC[C@]1(C)[C@@H]([C@H](C)C/C=C/C(C)(C)O)CC[C@@]41C)[C@@H]2CC[C@H](OC(=O)CC(=O)O)C3(C)C. The number of allylic oxidation sites excluding steroid dienone is 2. The van der Waals surface area contributed by atoms with Gasteiger partial charge in [0.2, 0.25) is 0 Å². The number of ether oxygens (including phenoxy) is 3. The number of hydrogen-bond donors (Lipinski definition) is 2. The van der Waals surface area contributed by atoms with Crippen molar-refractivity contribution in [2.45, 2.75) is 123 Å². The third-order valence-electron chi connectivity index (χ3n) is 12.9. The minimum atomic E-state index is -1.17. The standard InChI is InChI=1S/C34H52O7/c1-21(10-9-15-29(2,3)38)22-13-16-32(7)23-14-17-34-24(33(23,28(39-8)41-34)19-18-31(22,32)6)11-12-25(30(34,4)5)40-27(37)20-26(35)36/h9,14-15,17,21-25,28,38H,10-13,16,18-20H2,1-8H3,(H,35,36)/b15-9+/t21-,22-,23+,24+,25+,28+,31-,32+,33+,34-/m1/s1. The number of carboxylic acids is 1. The average Bonchev–Trinajstić information content (AvgIpc) is 3.23. The molecule has 1 aliphatic heterocycles. The molecule has 2 N–H and O–H groups in total. The Hall–Kier alpha value is -1.70. The summed E-state index contributed by atoms with van der Waals surface area (Å²) >= 11 is 0. The third-order valence-corrected chi connectivity index (χ3v) is 12.9. The first-order chi connectivity index (χ1) is 19.0. The summed E-state index contributed by atoms with van der Waals surface area (Å²) in [6.07, 6.45) is 14.4. The highest BCUT2D eigenvalue weighted by Crippen LogP contribution is 2.79. The van der Waals surface area contributed by atoms with E-state index in [9.17, 15) is 14.7 Å². The van der Waals surface area contributed by atoms with Crippen molar-refractivity contribution in [3.63, 3.8) is 0 Å². The molecule has 7 heteroatoms.